The Bertz CT molecular complexity index is 1090. The summed E-state index contributed by atoms with van der Waals surface area (Å²) in [5.41, 5.74) is 0.971. The van der Waals surface area contributed by atoms with Crippen LogP contribution in [0.4, 0.5) is 10.1 Å². The van der Waals surface area contributed by atoms with Gasteiger partial charge < -0.3 is 15.6 Å². The van der Waals surface area contributed by atoms with E-state index in [9.17, 15) is 14.0 Å². The maximum absolute atomic E-state index is 13.4. The molecule has 0 unspecified atom stereocenters. The first-order valence-electron chi connectivity index (χ1n) is 7.92. The summed E-state index contributed by atoms with van der Waals surface area (Å²) in [6.07, 6.45) is 2.00. The molecule has 3 rings (SSSR count). The number of aldehydes is 1. The monoisotopic (exact) mass is 366 g/mol. The molecule has 0 bridgehead atoms. The lowest BCUT2D eigenvalue weighted by molar-refractivity contribution is -0.109. The fraction of sp³-hybridized carbons (Fsp3) is 0.0526. The van der Waals surface area contributed by atoms with E-state index in [0.29, 0.717) is 28.6 Å². The number of hydrogen-bond donors (Lipinski definition) is 2. The van der Waals surface area contributed by atoms with Crippen LogP contribution in [0.15, 0.2) is 63.4 Å². The molecule has 0 saturated carbocycles. The summed E-state index contributed by atoms with van der Waals surface area (Å²) in [6, 6.07) is 12.2. The minimum Gasteiger partial charge on any atom is -0.486 e. The zero-order valence-corrected chi connectivity index (χ0v) is 14.1. The molecule has 27 heavy (non-hydrogen) atoms. The van der Waals surface area contributed by atoms with Gasteiger partial charge in [0.25, 0.3) is 5.56 Å². The Morgan fingerprint density at radius 3 is 2.67 bits per heavy atom. The lowest BCUT2D eigenvalue weighted by atomic mass is 10.1. The fourth-order valence-electron chi connectivity index (χ4n) is 2.43. The average molecular weight is 366 g/mol. The molecule has 3 aromatic rings. The van der Waals surface area contributed by atoms with Gasteiger partial charge in [0.05, 0.1) is 17.5 Å². The van der Waals surface area contributed by atoms with Gasteiger partial charge in [-0.25, -0.2) is 4.39 Å². The molecule has 1 heterocycles. The highest BCUT2D eigenvalue weighted by Gasteiger charge is 2.09. The largest absolute Gasteiger partial charge is 0.486 e. The lowest BCUT2D eigenvalue weighted by Crippen LogP contribution is -2.20. The third kappa shape index (κ3) is 4.24. The molecule has 0 spiro atoms. The topological polar surface area (TPSA) is 110 Å². The first-order valence-corrected chi connectivity index (χ1v) is 7.92. The summed E-state index contributed by atoms with van der Waals surface area (Å²) >= 11 is 0. The summed E-state index contributed by atoms with van der Waals surface area (Å²) in [5, 5.41) is 4.12. The quantitative estimate of drug-likeness (QED) is 0.302. The summed E-state index contributed by atoms with van der Waals surface area (Å²) < 4.78 is 18.6. The number of nitrogens with one attached hydrogen (secondary N) is 1. The van der Waals surface area contributed by atoms with Crippen LogP contribution in [0, 0.1) is 5.82 Å². The van der Waals surface area contributed by atoms with Gasteiger partial charge in [0.15, 0.2) is 6.29 Å². The van der Waals surface area contributed by atoms with Crippen molar-refractivity contribution in [2.45, 2.75) is 0 Å². The standard InChI is InChI=1S/C19H15FN4O3/c20-13-1-6-17-12(9-13)10-16(19(26)23-17)18(24-21)11-22-14-2-4-15(5-3-14)27-8-7-25/h1-7,9-11H,8,21H2,(H,23,26). The number of pyridine rings is 1. The molecule has 0 aliphatic carbocycles. The van der Waals surface area contributed by atoms with Crippen LogP contribution in [0.5, 0.6) is 5.75 Å². The molecule has 0 aliphatic heterocycles. The summed E-state index contributed by atoms with van der Waals surface area (Å²) in [6.45, 7) is -0.0298. The number of aromatic nitrogens is 1. The fourth-order valence-corrected chi connectivity index (χ4v) is 2.43. The Morgan fingerprint density at radius 2 is 1.96 bits per heavy atom. The maximum atomic E-state index is 13.4. The van der Waals surface area contributed by atoms with E-state index in [0.717, 1.165) is 0 Å². The summed E-state index contributed by atoms with van der Waals surface area (Å²) in [4.78, 5) is 29.5. The smallest absolute Gasteiger partial charge is 0.258 e. The van der Waals surface area contributed by atoms with E-state index in [-0.39, 0.29) is 17.9 Å². The van der Waals surface area contributed by atoms with Crippen molar-refractivity contribution in [1.29, 1.82) is 0 Å². The van der Waals surface area contributed by atoms with E-state index in [1.807, 2.05) is 0 Å². The van der Waals surface area contributed by atoms with Gasteiger partial charge in [0.1, 0.15) is 23.9 Å². The Hall–Kier alpha value is -3.81. The maximum Gasteiger partial charge on any atom is 0.258 e. The van der Waals surface area contributed by atoms with E-state index in [2.05, 4.69) is 15.1 Å². The van der Waals surface area contributed by atoms with Crippen LogP contribution in [-0.2, 0) is 4.79 Å². The van der Waals surface area contributed by atoms with Crippen LogP contribution >= 0.6 is 0 Å². The third-order valence-corrected chi connectivity index (χ3v) is 3.71. The number of carbonyl (C=O) groups excluding carboxylic acids is 1. The van der Waals surface area contributed by atoms with Gasteiger partial charge in [-0.15, -0.1) is 0 Å². The number of fused-ring (bicyclic) bond motifs is 1. The Balaban J connectivity index is 1.88. The molecule has 0 amide bonds. The van der Waals surface area contributed by atoms with Crippen LogP contribution in [0.1, 0.15) is 5.56 Å². The molecule has 0 atom stereocenters. The second-order valence-corrected chi connectivity index (χ2v) is 5.49. The SMILES string of the molecule is NN=C(C=Nc1ccc(OCC=O)cc1)c1cc2cc(F)ccc2[nH]c1=O. The van der Waals surface area contributed by atoms with Crippen LogP contribution in [0.3, 0.4) is 0 Å². The van der Waals surface area contributed by atoms with E-state index < -0.39 is 11.4 Å². The van der Waals surface area contributed by atoms with E-state index in [1.54, 1.807) is 24.3 Å². The normalized spacial score (nSPS) is 11.8. The number of hydrogen-bond acceptors (Lipinski definition) is 6. The van der Waals surface area contributed by atoms with E-state index in [1.165, 1.54) is 30.5 Å². The number of nitrogens with zero attached hydrogens (tertiary/aromatic N) is 2. The molecule has 0 radical (unpaired) electrons. The molecule has 0 aliphatic rings. The Labute approximate surface area is 153 Å². The Morgan fingerprint density at radius 1 is 1.19 bits per heavy atom. The highest BCUT2D eigenvalue weighted by Crippen LogP contribution is 2.18. The van der Waals surface area contributed by atoms with Crippen molar-refractivity contribution >= 4 is 34.8 Å². The zero-order valence-electron chi connectivity index (χ0n) is 14.1. The van der Waals surface area contributed by atoms with E-state index >= 15 is 0 Å². The summed E-state index contributed by atoms with van der Waals surface area (Å²) in [7, 11) is 0. The molecule has 3 N–H and O–H groups in total. The highest BCUT2D eigenvalue weighted by atomic mass is 19.1. The van der Waals surface area contributed by atoms with Gasteiger partial charge in [-0.1, -0.05) is 0 Å². The van der Waals surface area contributed by atoms with Crippen molar-refractivity contribution in [2.24, 2.45) is 15.9 Å². The minimum atomic E-state index is -0.419. The van der Waals surface area contributed by atoms with Crippen molar-refractivity contribution in [3.8, 4) is 5.75 Å². The number of aromatic amines is 1. The van der Waals surface area contributed by atoms with Crippen molar-refractivity contribution in [3.05, 3.63) is 70.3 Å². The van der Waals surface area contributed by atoms with Crippen LogP contribution in [0.25, 0.3) is 10.9 Å². The van der Waals surface area contributed by atoms with Crippen LogP contribution < -0.4 is 16.1 Å². The molecule has 1 aromatic heterocycles. The van der Waals surface area contributed by atoms with Gasteiger partial charge >= 0.3 is 0 Å². The molecular formula is C19H15FN4O3. The number of aliphatic imine (C=N–C) groups is 1. The average Bonchev–Trinajstić information content (AvgIpc) is 2.68. The van der Waals surface area contributed by atoms with Crippen molar-refractivity contribution in [1.82, 2.24) is 4.98 Å². The van der Waals surface area contributed by atoms with Gasteiger partial charge in [0, 0.05) is 10.9 Å². The molecule has 8 heteroatoms. The van der Waals surface area contributed by atoms with Gasteiger partial charge in [0.2, 0.25) is 0 Å². The number of benzene rings is 2. The van der Waals surface area contributed by atoms with E-state index in [4.69, 9.17) is 10.6 Å². The number of H-pyrrole nitrogens is 1. The number of halogens is 1. The second kappa shape index (κ2) is 8.05. The first-order chi connectivity index (χ1) is 13.1. The van der Waals surface area contributed by atoms with Crippen molar-refractivity contribution in [2.75, 3.05) is 6.61 Å². The molecule has 2 aromatic carbocycles. The lowest BCUT2D eigenvalue weighted by Gasteiger charge is -2.04. The Kier molecular flexibility index (Phi) is 5.36. The second-order valence-electron chi connectivity index (χ2n) is 5.49. The number of carbonyl (C=O) groups is 1. The predicted molar refractivity (Wildman–Crippen MR) is 101 cm³/mol. The molecular weight excluding hydrogens is 351 g/mol. The van der Waals surface area contributed by atoms with Gasteiger partial charge in [-0.3, -0.25) is 14.6 Å². The van der Waals surface area contributed by atoms with Gasteiger partial charge in [-0.2, -0.15) is 5.10 Å². The van der Waals surface area contributed by atoms with Crippen molar-refractivity contribution in [3.63, 3.8) is 0 Å². The van der Waals surface area contributed by atoms with Crippen molar-refractivity contribution < 1.29 is 13.9 Å². The summed E-state index contributed by atoms with van der Waals surface area (Å²) in [5.74, 6) is 5.52. The minimum absolute atomic E-state index is 0.0298. The molecule has 136 valence electrons. The van der Waals surface area contributed by atoms with Gasteiger partial charge in [-0.05, 0) is 48.5 Å². The number of hydrazone groups is 1. The van der Waals surface area contributed by atoms with Crippen LogP contribution in [0.2, 0.25) is 0 Å². The predicted octanol–water partition coefficient (Wildman–Crippen LogP) is 2.31. The van der Waals surface area contributed by atoms with Crippen LogP contribution in [-0.4, -0.2) is 29.8 Å². The number of nitrogens with two attached hydrogens (primary N) is 1. The number of ether oxygens (including phenoxy) is 1. The molecule has 0 saturated heterocycles. The molecule has 0 fully saturated rings. The zero-order chi connectivity index (χ0) is 19.2. The number of rotatable bonds is 6. The first kappa shape index (κ1) is 18.0. The highest BCUT2D eigenvalue weighted by molar-refractivity contribution is 6.38. The third-order valence-electron chi connectivity index (χ3n) is 3.71. The molecule has 7 nitrogen and oxygen atoms in total.